The van der Waals surface area contributed by atoms with Crippen molar-refractivity contribution in [3.05, 3.63) is 67.7 Å². The minimum absolute atomic E-state index is 0.487. The molecule has 3 heteroatoms. The van der Waals surface area contributed by atoms with Gasteiger partial charge in [0, 0.05) is 20.5 Å². The lowest BCUT2D eigenvalue weighted by Gasteiger charge is -2.18. The molecule has 1 nitrogen and oxygen atoms in total. The van der Waals surface area contributed by atoms with Crippen LogP contribution in [0, 0.1) is 3.57 Å². The van der Waals surface area contributed by atoms with Gasteiger partial charge in [-0.15, -0.1) is 0 Å². The Morgan fingerprint density at radius 1 is 1.11 bits per heavy atom. The third-order valence-corrected chi connectivity index (χ3v) is 4.63. The van der Waals surface area contributed by atoms with Crippen LogP contribution in [-0.4, -0.2) is 13.6 Å². The van der Waals surface area contributed by atoms with Gasteiger partial charge >= 0.3 is 0 Å². The number of halogens is 2. The summed E-state index contributed by atoms with van der Waals surface area (Å²) >= 11 is 6.01. The predicted octanol–water partition coefficient (Wildman–Crippen LogP) is 4.60. The van der Waals surface area contributed by atoms with Crippen LogP contribution in [0.1, 0.15) is 17.0 Å². The summed E-state index contributed by atoms with van der Waals surface area (Å²) in [6.45, 7) is 0.981. The van der Waals surface area contributed by atoms with E-state index in [1.54, 1.807) is 0 Å². The van der Waals surface area contributed by atoms with Crippen LogP contribution < -0.4 is 5.32 Å². The molecule has 0 aliphatic heterocycles. The smallest absolute Gasteiger partial charge is 0.0210 e. The Balaban J connectivity index is 2.21. The van der Waals surface area contributed by atoms with Crippen molar-refractivity contribution >= 4 is 38.5 Å². The monoisotopic (exact) mass is 429 g/mol. The molecule has 2 rings (SSSR count). The number of rotatable bonds is 5. The molecule has 100 valence electrons. The Hall–Kier alpha value is -0.390. The zero-order valence-electron chi connectivity index (χ0n) is 10.9. The summed E-state index contributed by atoms with van der Waals surface area (Å²) in [5, 5.41) is 3.30. The molecule has 19 heavy (non-hydrogen) atoms. The lowest BCUT2D eigenvalue weighted by Crippen LogP contribution is -2.19. The zero-order chi connectivity index (χ0) is 13.7. The van der Waals surface area contributed by atoms with Gasteiger partial charge in [-0.05, 0) is 65.4 Å². The number of nitrogens with one attached hydrogen (secondary N) is 1. The molecule has 1 N–H and O–H groups in total. The van der Waals surface area contributed by atoms with E-state index in [9.17, 15) is 0 Å². The molecule has 0 aliphatic carbocycles. The SMILES string of the molecule is CNCC(Cc1ccc(I)cc1)c1ccccc1Br. The number of benzene rings is 2. The van der Waals surface area contributed by atoms with E-state index in [1.807, 2.05) is 7.05 Å². The summed E-state index contributed by atoms with van der Waals surface area (Å²) in [5.41, 5.74) is 2.76. The molecule has 0 saturated carbocycles. The maximum absolute atomic E-state index is 3.66. The van der Waals surface area contributed by atoms with E-state index in [0.717, 1.165) is 13.0 Å². The quantitative estimate of drug-likeness (QED) is 0.685. The third-order valence-electron chi connectivity index (χ3n) is 3.19. The highest BCUT2D eigenvalue weighted by molar-refractivity contribution is 14.1. The normalized spacial score (nSPS) is 12.4. The summed E-state index contributed by atoms with van der Waals surface area (Å²) in [6, 6.07) is 17.3. The van der Waals surface area contributed by atoms with Gasteiger partial charge in [0.05, 0.1) is 0 Å². The van der Waals surface area contributed by atoms with Gasteiger partial charge in [0.1, 0.15) is 0 Å². The van der Waals surface area contributed by atoms with Crippen molar-refractivity contribution in [1.82, 2.24) is 5.32 Å². The van der Waals surface area contributed by atoms with E-state index < -0.39 is 0 Å². The predicted molar refractivity (Wildman–Crippen MR) is 93.7 cm³/mol. The molecule has 0 saturated heterocycles. The van der Waals surface area contributed by atoms with Crippen molar-refractivity contribution in [2.45, 2.75) is 12.3 Å². The van der Waals surface area contributed by atoms with Crippen molar-refractivity contribution in [3.8, 4) is 0 Å². The van der Waals surface area contributed by atoms with Gasteiger partial charge in [0.25, 0.3) is 0 Å². The first-order chi connectivity index (χ1) is 9.20. The van der Waals surface area contributed by atoms with Crippen molar-refractivity contribution in [1.29, 1.82) is 0 Å². The van der Waals surface area contributed by atoms with Crippen molar-refractivity contribution in [2.24, 2.45) is 0 Å². The average Bonchev–Trinajstić information content (AvgIpc) is 2.41. The summed E-state index contributed by atoms with van der Waals surface area (Å²) in [7, 11) is 2.01. The first-order valence-electron chi connectivity index (χ1n) is 6.34. The highest BCUT2D eigenvalue weighted by Gasteiger charge is 2.14. The second kappa shape index (κ2) is 7.41. The van der Waals surface area contributed by atoms with E-state index in [2.05, 4.69) is 92.4 Å². The van der Waals surface area contributed by atoms with Crippen molar-refractivity contribution in [3.63, 3.8) is 0 Å². The largest absolute Gasteiger partial charge is 0.319 e. The fourth-order valence-corrected chi connectivity index (χ4v) is 3.22. The molecule has 0 aromatic heterocycles. The van der Waals surface area contributed by atoms with Gasteiger partial charge in [0.15, 0.2) is 0 Å². The van der Waals surface area contributed by atoms with Crippen LogP contribution in [0.4, 0.5) is 0 Å². The Bertz CT molecular complexity index is 525. The first kappa shape index (κ1) is 15.0. The zero-order valence-corrected chi connectivity index (χ0v) is 14.6. The molecule has 0 spiro atoms. The fourth-order valence-electron chi connectivity index (χ4n) is 2.25. The van der Waals surface area contributed by atoms with Gasteiger partial charge in [-0.25, -0.2) is 0 Å². The van der Waals surface area contributed by atoms with Crippen LogP contribution in [0.5, 0.6) is 0 Å². The lowest BCUT2D eigenvalue weighted by atomic mass is 9.92. The van der Waals surface area contributed by atoms with Gasteiger partial charge in [-0.2, -0.15) is 0 Å². The molecule has 2 aromatic carbocycles. The Labute approximate surface area is 137 Å². The van der Waals surface area contributed by atoms with Crippen molar-refractivity contribution in [2.75, 3.05) is 13.6 Å². The summed E-state index contributed by atoms with van der Waals surface area (Å²) < 4.78 is 2.48. The number of hydrogen-bond donors (Lipinski definition) is 1. The van der Waals surface area contributed by atoms with Gasteiger partial charge in [-0.1, -0.05) is 46.3 Å². The minimum Gasteiger partial charge on any atom is -0.319 e. The molecule has 0 aliphatic rings. The highest BCUT2D eigenvalue weighted by Crippen LogP contribution is 2.27. The molecule has 2 aromatic rings. The number of likely N-dealkylation sites (N-methyl/N-ethyl adjacent to an activating group) is 1. The van der Waals surface area contributed by atoms with E-state index in [-0.39, 0.29) is 0 Å². The number of hydrogen-bond acceptors (Lipinski definition) is 1. The van der Waals surface area contributed by atoms with E-state index >= 15 is 0 Å². The Morgan fingerprint density at radius 2 is 1.79 bits per heavy atom. The van der Waals surface area contributed by atoms with Crippen LogP contribution in [0.25, 0.3) is 0 Å². The standard InChI is InChI=1S/C16H17BrIN/c1-19-11-13(15-4-2-3-5-16(15)17)10-12-6-8-14(18)9-7-12/h2-9,13,19H,10-11H2,1H3. The summed E-state index contributed by atoms with van der Waals surface area (Å²) in [5.74, 6) is 0.487. The van der Waals surface area contributed by atoms with Crippen molar-refractivity contribution < 1.29 is 0 Å². The molecular weight excluding hydrogens is 413 g/mol. The van der Waals surface area contributed by atoms with Crippen LogP contribution in [0.2, 0.25) is 0 Å². The fraction of sp³-hybridized carbons (Fsp3) is 0.250. The lowest BCUT2D eigenvalue weighted by molar-refractivity contribution is 0.623. The Morgan fingerprint density at radius 3 is 2.42 bits per heavy atom. The summed E-state index contributed by atoms with van der Waals surface area (Å²) in [6.07, 6.45) is 1.06. The van der Waals surface area contributed by atoms with Crippen LogP contribution in [0.15, 0.2) is 53.0 Å². The minimum atomic E-state index is 0.487. The molecule has 0 radical (unpaired) electrons. The summed E-state index contributed by atoms with van der Waals surface area (Å²) in [4.78, 5) is 0. The van der Waals surface area contributed by atoms with E-state index in [1.165, 1.54) is 19.2 Å². The maximum atomic E-state index is 3.66. The average molecular weight is 430 g/mol. The third kappa shape index (κ3) is 4.29. The van der Waals surface area contributed by atoms with Crippen LogP contribution >= 0.6 is 38.5 Å². The van der Waals surface area contributed by atoms with Crippen LogP contribution in [-0.2, 0) is 6.42 Å². The molecule has 0 bridgehead atoms. The maximum Gasteiger partial charge on any atom is 0.0210 e. The highest BCUT2D eigenvalue weighted by atomic mass is 127. The van der Waals surface area contributed by atoms with Gasteiger partial charge in [-0.3, -0.25) is 0 Å². The molecule has 0 heterocycles. The van der Waals surface area contributed by atoms with E-state index in [4.69, 9.17) is 0 Å². The second-order valence-electron chi connectivity index (χ2n) is 4.61. The second-order valence-corrected chi connectivity index (χ2v) is 6.71. The molecule has 1 unspecified atom stereocenters. The Kier molecular flexibility index (Phi) is 5.85. The van der Waals surface area contributed by atoms with Crippen LogP contribution in [0.3, 0.4) is 0 Å². The molecular formula is C16H17BrIN. The molecule has 0 fully saturated rings. The van der Waals surface area contributed by atoms with E-state index in [0.29, 0.717) is 5.92 Å². The van der Waals surface area contributed by atoms with Gasteiger partial charge < -0.3 is 5.32 Å². The molecule has 0 amide bonds. The molecule has 1 atom stereocenters. The van der Waals surface area contributed by atoms with Gasteiger partial charge in [0.2, 0.25) is 0 Å². The first-order valence-corrected chi connectivity index (χ1v) is 8.21. The topological polar surface area (TPSA) is 12.0 Å².